The minimum Gasteiger partial charge on any atom is -0.382 e. The average molecular weight is 318 g/mol. The molecule has 1 unspecified atom stereocenters. The third kappa shape index (κ3) is 2.25. The molecule has 2 aromatic carbocycles. The number of rotatable bonds is 3. The molecule has 1 aliphatic heterocycles. The molecule has 0 amide bonds. The van der Waals surface area contributed by atoms with E-state index >= 15 is 0 Å². The molecule has 8 nitrogen and oxygen atoms in total. The summed E-state index contributed by atoms with van der Waals surface area (Å²) >= 11 is 0. The smallest absolute Gasteiger partial charge is 0.271 e. The van der Waals surface area contributed by atoms with E-state index in [1.54, 1.807) is 12.3 Å². The molecule has 1 aliphatic rings. The lowest BCUT2D eigenvalue weighted by Gasteiger charge is -2.18. The Morgan fingerprint density at radius 3 is 2.71 bits per heavy atom. The SMILES string of the molecule is NC1=C(c2cccc3ccccc23)C(N)(N=Nc2ccn[nH]2)N=N1. The van der Waals surface area contributed by atoms with E-state index in [-0.39, 0.29) is 5.82 Å². The Labute approximate surface area is 137 Å². The number of azo groups is 2. The van der Waals surface area contributed by atoms with Gasteiger partial charge in [0.05, 0.1) is 11.8 Å². The lowest BCUT2D eigenvalue weighted by molar-refractivity contribution is 0.564. The fraction of sp³-hybridized carbons (Fsp3) is 0.0625. The third-order valence-corrected chi connectivity index (χ3v) is 3.79. The number of nitrogens with two attached hydrogens (primary N) is 2. The molecule has 1 atom stereocenters. The Morgan fingerprint density at radius 2 is 1.88 bits per heavy atom. The number of hydrogen-bond acceptors (Lipinski definition) is 7. The zero-order valence-corrected chi connectivity index (χ0v) is 12.6. The van der Waals surface area contributed by atoms with Crippen LogP contribution in [0.2, 0.25) is 0 Å². The van der Waals surface area contributed by atoms with Gasteiger partial charge in [0.15, 0.2) is 11.6 Å². The highest BCUT2D eigenvalue weighted by atomic mass is 15.4. The standard InChI is InChI=1S/C16H14N8/c17-15-14(12-7-3-5-10-4-1-2-6-11(10)12)16(18,24-22-15)23-21-13-8-9-19-20-13/h1-9H,17-18H2,(H,19,20). The summed E-state index contributed by atoms with van der Waals surface area (Å²) in [6, 6.07) is 15.5. The Kier molecular flexibility index (Phi) is 3.17. The van der Waals surface area contributed by atoms with Gasteiger partial charge in [0.2, 0.25) is 0 Å². The summed E-state index contributed by atoms with van der Waals surface area (Å²) in [7, 11) is 0. The first-order chi connectivity index (χ1) is 11.7. The molecule has 0 radical (unpaired) electrons. The second-order valence-electron chi connectivity index (χ2n) is 5.35. The minimum atomic E-state index is -1.47. The van der Waals surface area contributed by atoms with Gasteiger partial charge in [-0.15, -0.1) is 20.5 Å². The van der Waals surface area contributed by atoms with Gasteiger partial charge in [-0.1, -0.05) is 42.5 Å². The van der Waals surface area contributed by atoms with Crippen LogP contribution in [0.4, 0.5) is 5.82 Å². The molecule has 0 fully saturated rings. The van der Waals surface area contributed by atoms with Crippen molar-refractivity contribution in [3.63, 3.8) is 0 Å². The highest BCUT2D eigenvalue weighted by molar-refractivity contribution is 5.96. The first-order valence-corrected chi connectivity index (χ1v) is 7.30. The number of benzene rings is 2. The first-order valence-electron chi connectivity index (χ1n) is 7.30. The van der Waals surface area contributed by atoms with Crippen LogP contribution in [-0.2, 0) is 0 Å². The number of aromatic amines is 1. The molecule has 3 aromatic rings. The average Bonchev–Trinajstić information content (AvgIpc) is 3.22. The van der Waals surface area contributed by atoms with Crippen LogP contribution in [0.15, 0.2) is 81.0 Å². The zero-order valence-electron chi connectivity index (χ0n) is 12.6. The minimum absolute atomic E-state index is 0.234. The van der Waals surface area contributed by atoms with E-state index in [0.717, 1.165) is 16.3 Å². The topological polar surface area (TPSA) is 130 Å². The van der Waals surface area contributed by atoms with E-state index < -0.39 is 5.79 Å². The van der Waals surface area contributed by atoms with Crippen LogP contribution in [0.3, 0.4) is 0 Å². The van der Waals surface area contributed by atoms with Gasteiger partial charge < -0.3 is 5.73 Å². The summed E-state index contributed by atoms with van der Waals surface area (Å²) in [4.78, 5) is 0. The van der Waals surface area contributed by atoms with Gasteiger partial charge in [-0.2, -0.15) is 5.10 Å². The quantitative estimate of drug-likeness (QED) is 0.641. The lowest BCUT2D eigenvalue weighted by Crippen LogP contribution is -2.35. The molecule has 118 valence electrons. The van der Waals surface area contributed by atoms with Crippen LogP contribution in [-0.4, -0.2) is 16.0 Å². The van der Waals surface area contributed by atoms with Crippen molar-refractivity contribution >= 4 is 22.2 Å². The predicted molar refractivity (Wildman–Crippen MR) is 89.9 cm³/mol. The maximum Gasteiger partial charge on any atom is 0.271 e. The van der Waals surface area contributed by atoms with E-state index in [9.17, 15) is 0 Å². The van der Waals surface area contributed by atoms with Crippen LogP contribution in [0.25, 0.3) is 16.3 Å². The second kappa shape index (κ2) is 5.36. The fourth-order valence-corrected chi connectivity index (χ4v) is 2.70. The Hall–Kier alpha value is -3.39. The monoisotopic (exact) mass is 318 g/mol. The number of nitrogens with one attached hydrogen (secondary N) is 1. The van der Waals surface area contributed by atoms with E-state index in [0.29, 0.717) is 11.4 Å². The first kappa shape index (κ1) is 14.2. The summed E-state index contributed by atoms with van der Waals surface area (Å²) in [5, 5.41) is 24.7. The number of fused-ring (bicyclic) bond motifs is 1. The van der Waals surface area contributed by atoms with Gasteiger partial charge >= 0.3 is 0 Å². The third-order valence-electron chi connectivity index (χ3n) is 3.79. The number of nitrogens with zero attached hydrogens (tertiary/aromatic N) is 5. The molecule has 0 spiro atoms. The van der Waals surface area contributed by atoms with Crippen molar-refractivity contribution in [3.05, 3.63) is 66.1 Å². The van der Waals surface area contributed by atoms with Crippen molar-refractivity contribution in [1.29, 1.82) is 0 Å². The van der Waals surface area contributed by atoms with E-state index in [1.165, 1.54) is 0 Å². The van der Waals surface area contributed by atoms with Gasteiger partial charge in [0, 0.05) is 6.07 Å². The Balaban J connectivity index is 1.84. The predicted octanol–water partition coefficient (Wildman–Crippen LogP) is 3.05. The summed E-state index contributed by atoms with van der Waals surface area (Å²) in [6.07, 6.45) is 1.57. The van der Waals surface area contributed by atoms with E-state index in [1.807, 2.05) is 42.5 Å². The zero-order chi connectivity index (χ0) is 16.6. The molecule has 5 N–H and O–H groups in total. The lowest BCUT2D eigenvalue weighted by atomic mass is 9.95. The second-order valence-corrected chi connectivity index (χ2v) is 5.35. The highest BCUT2D eigenvalue weighted by Gasteiger charge is 2.38. The van der Waals surface area contributed by atoms with Crippen molar-refractivity contribution in [2.45, 2.75) is 5.79 Å². The molecular formula is C16H14N8. The summed E-state index contributed by atoms with van der Waals surface area (Å²) in [6.45, 7) is 0. The van der Waals surface area contributed by atoms with Crippen molar-refractivity contribution in [2.75, 3.05) is 0 Å². The molecule has 2 heterocycles. The molecule has 4 rings (SSSR count). The molecule has 24 heavy (non-hydrogen) atoms. The van der Waals surface area contributed by atoms with Crippen LogP contribution >= 0.6 is 0 Å². The van der Waals surface area contributed by atoms with Crippen LogP contribution in [0, 0.1) is 0 Å². The van der Waals surface area contributed by atoms with Crippen LogP contribution in [0.5, 0.6) is 0 Å². The maximum atomic E-state index is 6.34. The number of H-pyrrole nitrogens is 1. The highest BCUT2D eigenvalue weighted by Crippen LogP contribution is 2.39. The number of hydrogen-bond donors (Lipinski definition) is 3. The van der Waals surface area contributed by atoms with Gasteiger partial charge in [-0.3, -0.25) is 10.8 Å². The normalized spacial score (nSPS) is 20.5. The maximum absolute atomic E-state index is 6.34. The van der Waals surface area contributed by atoms with Crippen molar-refractivity contribution in [2.24, 2.45) is 31.9 Å². The van der Waals surface area contributed by atoms with E-state index in [4.69, 9.17) is 11.5 Å². The summed E-state index contributed by atoms with van der Waals surface area (Å²) in [5.74, 6) is -0.769. The molecule has 1 aromatic heterocycles. The Bertz CT molecular complexity index is 981. The summed E-state index contributed by atoms with van der Waals surface area (Å²) in [5.41, 5.74) is 13.7. The Morgan fingerprint density at radius 1 is 1.04 bits per heavy atom. The van der Waals surface area contributed by atoms with Crippen molar-refractivity contribution in [1.82, 2.24) is 10.2 Å². The van der Waals surface area contributed by atoms with Crippen LogP contribution < -0.4 is 11.5 Å². The molecule has 8 heteroatoms. The fourth-order valence-electron chi connectivity index (χ4n) is 2.70. The van der Waals surface area contributed by atoms with Crippen molar-refractivity contribution in [3.8, 4) is 0 Å². The van der Waals surface area contributed by atoms with Gasteiger partial charge in [0.1, 0.15) is 0 Å². The molecule has 0 saturated carbocycles. The molecule has 0 aliphatic carbocycles. The molecular weight excluding hydrogens is 304 g/mol. The largest absolute Gasteiger partial charge is 0.382 e. The van der Waals surface area contributed by atoms with Gasteiger partial charge in [-0.05, 0) is 16.3 Å². The van der Waals surface area contributed by atoms with Gasteiger partial charge in [0.25, 0.3) is 5.79 Å². The molecule has 0 saturated heterocycles. The summed E-state index contributed by atoms with van der Waals surface area (Å²) < 4.78 is 0. The van der Waals surface area contributed by atoms with Gasteiger partial charge in [-0.25, -0.2) is 0 Å². The number of aromatic nitrogens is 2. The molecule has 0 bridgehead atoms. The van der Waals surface area contributed by atoms with Crippen molar-refractivity contribution < 1.29 is 0 Å². The van der Waals surface area contributed by atoms with E-state index in [2.05, 4.69) is 30.7 Å². The van der Waals surface area contributed by atoms with Crippen LogP contribution in [0.1, 0.15) is 5.56 Å².